The molecule has 0 aromatic heterocycles. The lowest BCUT2D eigenvalue weighted by atomic mass is 10.1. The molecule has 3 aromatic carbocycles. The summed E-state index contributed by atoms with van der Waals surface area (Å²) in [6, 6.07) is 23.8. The zero-order valence-electron chi connectivity index (χ0n) is 12.1. The first-order chi connectivity index (χ1) is 10.3. The van der Waals surface area contributed by atoms with Crippen LogP contribution < -0.4 is 5.73 Å². The third kappa shape index (κ3) is 3.29. The Hall–Kier alpha value is -1.77. The zero-order chi connectivity index (χ0) is 14.7. The number of fused-ring (bicyclic) bond motifs is 1. The molecule has 2 heteroatoms. The van der Waals surface area contributed by atoms with E-state index in [-0.39, 0.29) is 6.04 Å². The molecule has 3 aromatic rings. The highest BCUT2D eigenvalue weighted by atomic mass is 32.2. The molecule has 106 valence electrons. The van der Waals surface area contributed by atoms with Crippen LogP contribution in [-0.2, 0) is 0 Å². The molecule has 21 heavy (non-hydrogen) atoms. The average Bonchev–Trinajstić information content (AvgIpc) is 2.55. The predicted molar refractivity (Wildman–Crippen MR) is 91.7 cm³/mol. The van der Waals surface area contributed by atoms with Crippen LogP contribution >= 0.6 is 11.8 Å². The van der Waals surface area contributed by atoms with Crippen molar-refractivity contribution < 1.29 is 0 Å². The van der Waals surface area contributed by atoms with Crippen LogP contribution in [0.2, 0.25) is 0 Å². The SMILES string of the molecule is CC[C@H](N)c1ccc(Sc2ccc3ccccc3c2)cc1. The molecule has 1 atom stereocenters. The Kier molecular flexibility index (Phi) is 4.28. The van der Waals surface area contributed by atoms with E-state index in [4.69, 9.17) is 5.73 Å². The van der Waals surface area contributed by atoms with Crippen molar-refractivity contribution in [3.8, 4) is 0 Å². The molecule has 0 heterocycles. The fourth-order valence-electron chi connectivity index (χ4n) is 2.39. The Balaban J connectivity index is 1.81. The first-order valence-corrected chi connectivity index (χ1v) is 8.10. The number of rotatable bonds is 4. The van der Waals surface area contributed by atoms with Gasteiger partial charge in [0, 0.05) is 15.8 Å². The fraction of sp³-hybridized carbons (Fsp3) is 0.158. The van der Waals surface area contributed by atoms with E-state index in [9.17, 15) is 0 Å². The summed E-state index contributed by atoms with van der Waals surface area (Å²) >= 11 is 1.79. The third-order valence-electron chi connectivity index (χ3n) is 3.70. The molecule has 0 radical (unpaired) electrons. The van der Waals surface area contributed by atoms with Gasteiger partial charge >= 0.3 is 0 Å². The number of nitrogens with two attached hydrogens (primary N) is 1. The van der Waals surface area contributed by atoms with Crippen LogP contribution in [0.5, 0.6) is 0 Å². The highest BCUT2D eigenvalue weighted by Crippen LogP contribution is 2.30. The Morgan fingerprint density at radius 2 is 1.52 bits per heavy atom. The molecule has 2 N–H and O–H groups in total. The molecule has 0 saturated heterocycles. The maximum atomic E-state index is 6.05. The van der Waals surface area contributed by atoms with Crippen molar-refractivity contribution in [2.24, 2.45) is 5.73 Å². The molecule has 0 amide bonds. The second kappa shape index (κ2) is 6.33. The van der Waals surface area contributed by atoms with E-state index in [1.54, 1.807) is 11.8 Å². The summed E-state index contributed by atoms with van der Waals surface area (Å²) in [6.45, 7) is 2.11. The van der Waals surface area contributed by atoms with Crippen LogP contribution in [0.15, 0.2) is 76.5 Å². The summed E-state index contributed by atoms with van der Waals surface area (Å²) in [5, 5.41) is 2.57. The van der Waals surface area contributed by atoms with Crippen molar-refractivity contribution in [3.63, 3.8) is 0 Å². The Morgan fingerprint density at radius 1 is 0.857 bits per heavy atom. The molecule has 0 aliphatic carbocycles. The van der Waals surface area contributed by atoms with Gasteiger partial charge < -0.3 is 5.73 Å². The molecule has 0 spiro atoms. The summed E-state index contributed by atoms with van der Waals surface area (Å²) in [5.41, 5.74) is 7.26. The Morgan fingerprint density at radius 3 is 2.24 bits per heavy atom. The second-order valence-electron chi connectivity index (χ2n) is 5.19. The lowest BCUT2D eigenvalue weighted by Gasteiger charge is -2.10. The van der Waals surface area contributed by atoms with Gasteiger partial charge in [-0.25, -0.2) is 0 Å². The monoisotopic (exact) mass is 293 g/mol. The minimum Gasteiger partial charge on any atom is -0.324 e. The minimum absolute atomic E-state index is 0.143. The smallest absolute Gasteiger partial charge is 0.0292 e. The van der Waals surface area contributed by atoms with Gasteiger partial charge in [0.15, 0.2) is 0 Å². The molecule has 1 nitrogen and oxygen atoms in total. The van der Waals surface area contributed by atoms with Crippen molar-refractivity contribution in [1.82, 2.24) is 0 Å². The topological polar surface area (TPSA) is 26.0 Å². The standard InChI is InChI=1S/C19H19NS/c1-2-19(20)15-8-10-17(11-9-15)21-18-12-7-14-5-3-4-6-16(14)13-18/h3-13,19H,2,20H2,1H3/t19-/m0/s1. The summed E-state index contributed by atoms with van der Waals surface area (Å²) in [7, 11) is 0. The van der Waals surface area contributed by atoms with Crippen molar-refractivity contribution in [2.45, 2.75) is 29.2 Å². The van der Waals surface area contributed by atoms with Crippen molar-refractivity contribution in [3.05, 3.63) is 72.3 Å². The van der Waals surface area contributed by atoms with Gasteiger partial charge in [-0.05, 0) is 47.0 Å². The van der Waals surface area contributed by atoms with Crippen LogP contribution in [0.25, 0.3) is 10.8 Å². The van der Waals surface area contributed by atoms with Crippen molar-refractivity contribution >= 4 is 22.5 Å². The van der Waals surface area contributed by atoms with E-state index in [0.717, 1.165) is 6.42 Å². The van der Waals surface area contributed by atoms with E-state index < -0.39 is 0 Å². The number of benzene rings is 3. The van der Waals surface area contributed by atoms with E-state index in [1.165, 1.54) is 26.1 Å². The van der Waals surface area contributed by atoms with Crippen LogP contribution in [0, 0.1) is 0 Å². The molecule has 0 fully saturated rings. The van der Waals surface area contributed by atoms with Crippen molar-refractivity contribution in [2.75, 3.05) is 0 Å². The highest BCUT2D eigenvalue weighted by Gasteiger charge is 2.04. The van der Waals surface area contributed by atoms with E-state index in [2.05, 4.69) is 73.7 Å². The Bertz CT molecular complexity index is 734. The van der Waals surface area contributed by atoms with Crippen molar-refractivity contribution in [1.29, 1.82) is 0 Å². The predicted octanol–water partition coefficient (Wildman–Crippen LogP) is 5.40. The van der Waals surface area contributed by atoms with Gasteiger partial charge in [-0.3, -0.25) is 0 Å². The summed E-state index contributed by atoms with van der Waals surface area (Å²) < 4.78 is 0. The van der Waals surface area contributed by atoms with Gasteiger partial charge in [0.05, 0.1) is 0 Å². The minimum atomic E-state index is 0.143. The van der Waals surface area contributed by atoms with Gasteiger partial charge in [0.2, 0.25) is 0 Å². The molecule has 0 unspecified atom stereocenters. The maximum Gasteiger partial charge on any atom is 0.0292 e. The molecular formula is C19H19NS. The Labute approximate surface area is 130 Å². The molecule has 0 bridgehead atoms. The largest absolute Gasteiger partial charge is 0.324 e. The number of hydrogen-bond acceptors (Lipinski definition) is 2. The fourth-order valence-corrected chi connectivity index (χ4v) is 3.25. The third-order valence-corrected chi connectivity index (χ3v) is 4.70. The van der Waals surface area contributed by atoms with Gasteiger partial charge in [-0.2, -0.15) is 0 Å². The normalized spacial score (nSPS) is 12.5. The molecular weight excluding hydrogens is 274 g/mol. The lowest BCUT2D eigenvalue weighted by Crippen LogP contribution is -2.07. The van der Waals surface area contributed by atoms with Crippen LogP contribution in [0.4, 0.5) is 0 Å². The maximum absolute atomic E-state index is 6.05. The molecule has 3 rings (SSSR count). The molecule has 0 aliphatic heterocycles. The first kappa shape index (κ1) is 14.2. The van der Waals surface area contributed by atoms with Gasteiger partial charge in [0.25, 0.3) is 0 Å². The van der Waals surface area contributed by atoms with E-state index in [1.807, 2.05) is 0 Å². The van der Waals surface area contributed by atoms with E-state index >= 15 is 0 Å². The van der Waals surface area contributed by atoms with E-state index in [0.29, 0.717) is 0 Å². The van der Waals surface area contributed by atoms with Gasteiger partial charge in [-0.1, -0.05) is 61.2 Å². The average molecular weight is 293 g/mol. The highest BCUT2D eigenvalue weighted by molar-refractivity contribution is 7.99. The van der Waals surface area contributed by atoms with Crippen LogP contribution in [0.1, 0.15) is 24.9 Å². The summed E-state index contributed by atoms with van der Waals surface area (Å²) in [4.78, 5) is 2.51. The first-order valence-electron chi connectivity index (χ1n) is 7.28. The lowest BCUT2D eigenvalue weighted by molar-refractivity contribution is 0.698. The molecule has 0 saturated carbocycles. The number of hydrogen-bond donors (Lipinski definition) is 1. The molecule has 0 aliphatic rings. The van der Waals surface area contributed by atoms with Crippen LogP contribution in [-0.4, -0.2) is 0 Å². The van der Waals surface area contributed by atoms with Crippen LogP contribution in [0.3, 0.4) is 0 Å². The second-order valence-corrected chi connectivity index (χ2v) is 6.34. The zero-order valence-corrected chi connectivity index (χ0v) is 12.9. The summed E-state index contributed by atoms with van der Waals surface area (Å²) in [6.07, 6.45) is 0.969. The quantitative estimate of drug-likeness (QED) is 0.697. The summed E-state index contributed by atoms with van der Waals surface area (Å²) in [5.74, 6) is 0. The van der Waals surface area contributed by atoms with Gasteiger partial charge in [0.1, 0.15) is 0 Å². The van der Waals surface area contributed by atoms with Gasteiger partial charge in [-0.15, -0.1) is 0 Å².